The fourth-order valence-corrected chi connectivity index (χ4v) is 1.52. The third-order valence-corrected chi connectivity index (χ3v) is 2.49. The first kappa shape index (κ1) is 11.3. The molecule has 2 aromatic rings. The number of benzene rings is 1. The molecule has 0 spiro atoms. The Morgan fingerprint density at radius 3 is 2.59 bits per heavy atom. The molecule has 0 bridgehead atoms. The van der Waals surface area contributed by atoms with E-state index < -0.39 is 0 Å². The van der Waals surface area contributed by atoms with E-state index in [4.69, 9.17) is 10.2 Å². The molecule has 0 fully saturated rings. The van der Waals surface area contributed by atoms with Gasteiger partial charge < -0.3 is 15.5 Å². The van der Waals surface area contributed by atoms with Gasteiger partial charge in [-0.1, -0.05) is 0 Å². The summed E-state index contributed by atoms with van der Waals surface area (Å²) >= 11 is 0. The summed E-state index contributed by atoms with van der Waals surface area (Å²) in [6.45, 7) is 1.87. The maximum Gasteiger partial charge on any atom is 0.251 e. The van der Waals surface area contributed by atoms with Crippen LogP contribution in [0.5, 0.6) is 0 Å². The Morgan fingerprint density at radius 1 is 1.29 bits per heavy atom. The van der Waals surface area contributed by atoms with E-state index in [2.05, 4.69) is 5.32 Å². The number of nitrogens with one attached hydrogen (secondary N) is 1. The standard InChI is InChI=1S/C13H14N2O2/c1-9(12-3-2-8-17-12)15-13(16)10-4-6-11(14)7-5-10/h2-9H,14H2,1H3,(H,15,16)/t9-/m1/s1. The first-order valence-corrected chi connectivity index (χ1v) is 5.36. The van der Waals surface area contributed by atoms with Crippen LogP contribution in [-0.2, 0) is 0 Å². The second-order valence-electron chi connectivity index (χ2n) is 3.83. The van der Waals surface area contributed by atoms with Crippen molar-refractivity contribution in [2.24, 2.45) is 0 Å². The van der Waals surface area contributed by atoms with Crippen LogP contribution in [0.2, 0.25) is 0 Å². The molecule has 0 radical (unpaired) electrons. The molecule has 1 aromatic carbocycles. The second-order valence-corrected chi connectivity index (χ2v) is 3.83. The van der Waals surface area contributed by atoms with Gasteiger partial charge in [0, 0.05) is 11.3 Å². The van der Waals surface area contributed by atoms with Crippen LogP contribution in [0.3, 0.4) is 0 Å². The maximum absolute atomic E-state index is 11.9. The third-order valence-electron chi connectivity index (χ3n) is 2.49. The predicted molar refractivity (Wildman–Crippen MR) is 65.4 cm³/mol. The molecule has 1 amide bonds. The van der Waals surface area contributed by atoms with E-state index in [9.17, 15) is 4.79 Å². The summed E-state index contributed by atoms with van der Waals surface area (Å²) in [5.41, 5.74) is 6.78. The number of carbonyl (C=O) groups is 1. The normalized spacial score (nSPS) is 12.1. The summed E-state index contributed by atoms with van der Waals surface area (Å²) in [6, 6.07) is 10.3. The van der Waals surface area contributed by atoms with E-state index in [-0.39, 0.29) is 11.9 Å². The van der Waals surface area contributed by atoms with Crippen LogP contribution in [0.1, 0.15) is 29.1 Å². The van der Waals surface area contributed by atoms with Crippen LogP contribution in [0.25, 0.3) is 0 Å². The summed E-state index contributed by atoms with van der Waals surface area (Å²) in [5.74, 6) is 0.586. The van der Waals surface area contributed by atoms with E-state index in [1.165, 1.54) is 0 Å². The van der Waals surface area contributed by atoms with Crippen molar-refractivity contribution in [1.82, 2.24) is 5.32 Å². The molecule has 0 saturated carbocycles. The second kappa shape index (κ2) is 4.74. The molecular weight excluding hydrogens is 216 g/mol. The van der Waals surface area contributed by atoms with Crippen LogP contribution in [0.4, 0.5) is 5.69 Å². The fraction of sp³-hybridized carbons (Fsp3) is 0.154. The molecule has 3 N–H and O–H groups in total. The lowest BCUT2D eigenvalue weighted by Gasteiger charge is -2.11. The van der Waals surface area contributed by atoms with Crippen molar-refractivity contribution in [3.8, 4) is 0 Å². The molecule has 88 valence electrons. The van der Waals surface area contributed by atoms with Crippen LogP contribution in [-0.4, -0.2) is 5.91 Å². The van der Waals surface area contributed by atoms with Gasteiger partial charge in [0.25, 0.3) is 5.91 Å². The van der Waals surface area contributed by atoms with Gasteiger partial charge in [-0.15, -0.1) is 0 Å². The topological polar surface area (TPSA) is 68.3 Å². The summed E-state index contributed by atoms with van der Waals surface area (Å²) in [7, 11) is 0. The van der Waals surface area contributed by atoms with Crippen LogP contribution in [0.15, 0.2) is 47.1 Å². The maximum atomic E-state index is 11.9. The molecule has 4 nitrogen and oxygen atoms in total. The van der Waals surface area contributed by atoms with Gasteiger partial charge in [0.2, 0.25) is 0 Å². The molecule has 2 rings (SSSR count). The van der Waals surface area contributed by atoms with Gasteiger partial charge in [-0.25, -0.2) is 0 Å². The molecule has 0 aliphatic heterocycles. The largest absolute Gasteiger partial charge is 0.467 e. The van der Waals surface area contributed by atoms with Crippen LogP contribution >= 0.6 is 0 Å². The first-order chi connectivity index (χ1) is 8.16. The molecule has 0 unspecified atom stereocenters. The van der Waals surface area contributed by atoms with Crippen LogP contribution < -0.4 is 11.1 Å². The van der Waals surface area contributed by atoms with Gasteiger partial charge in [0.1, 0.15) is 5.76 Å². The van der Waals surface area contributed by atoms with E-state index in [0.29, 0.717) is 11.3 Å². The molecule has 1 atom stereocenters. The zero-order valence-corrected chi connectivity index (χ0v) is 9.51. The molecule has 4 heteroatoms. The van der Waals surface area contributed by atoms with Crippen LogP contribution in [0, 0.1) is 0 Å². The summed E-state index contributed by atoms with van der Waals surface area (Å²) in [6.07, 6.45) is 1.58. The van der Waals surface area contributed by atoms with Gasteiger partial charge in [-0.3, -0.25) is 4.79 Å². The fourth-order valence-electron chi connectivity index (χ4n) is 1.52. The smallest absolute Gasteiger partial charge is 0.251 e. The Kier molecular flexibility index (Phi) is 3.14. The number of carbonyl (C=O) groups excluding carboxylic acids is 1. The highest BCUT2D eigenvalue weighted by Crippen LogP contribution is 2.13. The average Bonchev–Trinajstić information content (AvgIpc) is 2.83. The third kappa shape index (κ3) is 2.66. The van der Waals surface area contributed by atoms with Crippen molar-refractivity contribution in [3.05, 3.63) is 54.0 Å². The molecular formula is C13H14N2O2. The lowest BCUT2D eigenvalue weighted by atomic mass is 10.1. The first-order valence-electron chi connectivity index (χ1n) is 5.36. The number of furan rings is 1. The molecule has 1 aromatic heterocycles. The van der Waals surface area contributed by atoms with Gasteiger partial charge in [-0.05, 0) is 43.3 Å². The Balaban J connectivity index is 2.04. The van der Waals surface area contributed by atoms with Crippen molar-refractivity contribution in [3.63, 3.8) is 0 Å². The minimum atomic E-state index is -0.157. The number of anilines is 1. The SMILES string of the molecule is C[C@@H](NC(=O)c1ccc(N)cc1)c1ccco1. The van der Waals surface area contributed by atoms with Crippen molar-refractivity contribution < 1.29 is 9.21 Å². The summed E-state index contributed by atoms with van der Waals surface area (Å²) < 4.78 is 5.22. The Morgan fingerprint density at radius 2 is 2.00 bits per heavy atom. The number of nitrogen functional groups attached to an aromatic ring is 1. The number of nitrogens with two attached hydrogens (primary N) is 1. The van der Waals surface area contributed by atoms with Gasteiger partial charge in [0.05, 0.1) is 12.3 Å². The summed E-state index contributed by atoms with van der Waals surface area (Å²) in [5, 5.41) is 2.84. The molecule has 0 aliphatic carbocycles. The van der Waals surface area contributed by atoms with Crippen molar-refractivity contribution in [1.29, 1.82) is 0 Å². The molecule has 17 heavy (non-hydrogen) atoms. The Hall–Kier alpha value is -2.23. The summed E-state index contributed by atoms with van der Waals surface area (Å²) in [4.78, 5) is 11.9. The molecule has 0 aliphatic rings. The highest BCUT2D eigenvalue weighted by Gasteiger charge is 2.12. The molecule has 1 heterocycles. The van der Waals surface area contributed by atoms with E-state index in [0.717, 1.165) is 5.76 Å². The van der Waals surface area contributed by atoms with Crippen molar-refractivity contribution in [2.75, 3.05) is 5.73 Å². The number of amides is 1. The highest BCUT2D eigenvalue weighted by molar-refractivity contribution is 5.94. The monoisotopic (exact) mass is 230 g/mol. The number of hydrogen-bond donors (Lipinski definition) is 2. The Labute approximate surface area is 99.4 Å². The minimum absolute atomic E-state index is 0.145. The van der Waals surface area contributed by atoms with Crippen molar-refractivity contribution >= 4 is 11.6 Å². The number of hydrogen-bond acceptors (Lipinski definition) is 3. The van der Waals surface area contributed by atoms with Gasteiger partial charge >= 0.3 is 0 Å². The quantitative estimate of drug-likeness (QED) is 0.795. The van der Waals surface area contributed by atoms with E-state index >= 15 is 0 Å². The Bertz CT molecular complexity index is 489. The van der Waals surface area contributed by atoms with E-state index in [1.54, 1.807) is 36.6 Å². The van der Waals surface area contributed by atoms with Crippen molar-refractivity contribution in [2.45, 2.75) is 13.0 Å². The van der Waals surface area contributed by atoms with E-state index in [1.807, 2.05) is 13.0 Å². The minimum Gasteiger partial charge on any atom is -0.467 e. The lowest BCUT2D eigenvalue weighted by Crippen LogP contribution is -2.26. The zero-order valence-electron chi connectivity index (χ0n) is 9.51. The van der Waals surface area contributed by atoms with Gasteiger partial charge in [-0.2, -0.15) is 0 Å². The zero-order chi connectivity index (χ0) is 12.3. The molecule has 0 saturated heterocycles. The average molecular weight is 230 g/mol. The lowest BCUT2D eigenvalue weighted by molar-refractivity contribution is 0.0935. The van der Waals surface area contributed by atoms with Gasteiger partial charge in [0.15, 0.2) is 0 Å². The highest BCUT2D eigenvalue weighted by atomic mass is 16.3. The predicted octanol–water partition coefficient (Wildman–Crippen LogP) is 2.35. The number of rotatable bonds is 3.